The van der Waals surface area contributed by atoms with E-state index >= 15 is 0 Å². The molecule has 0 aromatic heterocycles. The lowest BCUT2D eigenvalue weighted by molar-refractivity contribution is -0.139. The molecule has 1 atom stereocenters. The van der Waals surface area contributed by atoms with E-state index in [1.807, 2.05) is 0 Å². The number of nitrogens with one attached hydrogen (secondary N) is 1. The molecule has 0 unspecified atom stereocenters. The van der Waals surface area contributed by atoms with Gasteiger partial charge in [-0.25, -0.2) is 12.8 Å². The lowest BCUT2D eigenvalue weighted by Crippen LogP contribution is -2.52. The minimum atomic E-state index is -4.17. The minimum absolute atomic E-state index is 0.00584. The Kier molecular flexibility index (Phi) is 9.46. The van der Waals surface area contributed by atoms with Crippen molar-refractivity contribution in [1.82, 2.24) is 10.2 Å². The topological polar surface area (TPSA) is 96.0 Å². The van der Waals surface area contributed by atoms with Gasteiger partial charge >= 0.3 is 0 Å². The highest BCUT2D eigenvalue weighted by Gasteiger charge is 2.32. The zero-order chi connectivity index (χ0) is 27.9. The van der Waals surface area contributed by atoms with Gasteiger partial charge in [0.1, 0.15) is 24.2 Å². The first kappa shape index (κ1) is 28.6. The van der Waals surface area contributed by atoms with Gasteiger partial charge in [-0.05, 0) is 62.7 Å². The number of methoxy groups -OCH3 is 1. The Balaban J connectivity index is 2.03. The van der Waals surface area contributed by atoms with Crippen molar-refractivity contribution >= 4 is 27.5 Å². The van der Waals surface area contributed by atoms with E-state index in [0.717, 1.165) is 4.31 Å². The summed E-state index contributed by atoms with van der Waals surface area (Å²) in [6, 6.07) is 18.6. The van der Waals surface area contributed by atoms with E-state index in [9.17, 15) is 22.4 Å². The van der Waals surface area contributed by atoms with Crippen LogP contribution in [0.4, 0.5) is 10.1 Å². The molecule has 0 heterocycles. The van der Waals surface area contributed by atoms with Crippen LogP contribution in [0.3, 0.4) is 0 Å². The maximum atomic E-state index is 13.8. The highest BCUT2D eigenvalue weighted by atomic mass is 32.2. The molecule has 0 saturated carbocycles. The lowest BCUT2D eigenvalue weighted by Gasteiger charge is -2.32. The number of sulfonamides is 1. The Morgan fingerprint density at radius 2 is 1.61 bits per heavy atom. The summed E-state index contributed by atoms with van der Waals surface area (Å²) in [5, 5.41) is 2.79. The van der Waals surface area contributed by atoms with Crippen molar-refractivity contribution < 1.29 is 27.1 Å². The Bertz CT molecular complexity index is 1350. The fourth-order valence-electron chi connectivity index (χ4n) is 3.79. The minimum Gasteiger partial charge on any atom is -0.497 e. The average Bonchev–Trinajstić information content (AvgIpc) is 2.90. The first-order valence-corrected chi connectivity index (χ1v) is 13.5. The predicted octanol–water partition coefficient (Wildman–Crippen LogP) is 3.97. The molecule has 202 valence electrons. The number of benzene rings is 3. The van der Waals surface area contributed by atoms with Gasteiger partial charge in [0.25, 0.3) is 10.0 Å². The van der Waals surface area contributed by atoms with Gasteiger partial charge in [0.05, 0.1) is 17.7 Å². The van der Waals surface area contributed by atoms with E-state index < -0.39 is 40.2 Å². The number of hydrogen-bond acceptors (Lipinski definition) is 5. The number of rotatable bonds is 11. The fourth-order valence-corrected chi connectivity index (χ4v) is 5.22. The average molecular weight is 542 g/mol. The summed E-state index contributed by atoms with van der Waals surface area (Å²) >= 11 is 0. The molecule has 8 nitrogen and oxygen atoms in total. The van der Waals surface area contributed by atoms with Crippen LogP contribution < -0.4 is 14.4 Å². The van der Waals surface area contributed by atoms with Crippen molar-refractivity contribution in [2.45, 2.75) is 44.3 Å². The van der Waals surface area contributed by atoms with Gasteiger partial charge in [0, 0.05) is 18.7 Å². The van der Waals surface area contributed by atoms with E-state index in [0.29, 0.717) is 11.3 Å². The van der Waals surface area contributed by atoms with Crippen molar-refractivity contribution in [1.29, 1.82) is 0 Å². The summed E-state index contributed by atoms with van der Waals surface area (Å²) in [5.41, 5.74) is 0.811. The van der Waals surface area contributed by atoms with E-state index in [4.69, 9.17) is 4.74 Å². The lowest BCUT2D eigenvalue weighted by atomic mass is 10.1. The smallest absolute Gasteiger partial charge is 0.264 e. The van der Waals surface area contributed by atoms with Crippen LogP contribution in [-0.2, 0) is 26.2 Å². The summed E-state index contributed by atoms with van der Waals surface area (Å²) in [7, 11) is -2.71. The normalized spacial score (nSPS) is 12.1. The number of amides is 2. The van der Waals surface area contributed by atoms with Crippen LogP contribution in [0.2, 0.25) is 0 Å². The summed E-state index contributed by atoms with van der Waals surface area (Å²) in [4.78, 5) is 28.0. The third-order valence-electron chi connectivity index (χ3n) is 5.82. The molecule has 0 fully saturated rings. The Morgan fingerprint density at radius 3 is 2.21 bits per heavy atom. The van der Waals surface area contributed by atoms with Crippen molar-refractivity contribution in [3.63, 3.8) is 0 Å². The van der Waals surface area contributed by atoms with E-state index in [1.165, 1.54) is 54.5 Å². The number of carbonyl (C=O) groups is 2. The number of halogens is 1. The summed E-state index contributed by atoms with van der Waals surface area (Å²) < 4.78 is 47.2. The molecule has 2 amide bonds. The van der Waals surface area contributed by atoms with Crippen molar-refractivity contribution in [2.75, 3.05) is 18.0 Å². The molecular weight excluding hydrogens is 509 g/mol. The number of hydrogen-bond donors (Lipinski definition) is 1. The van der Waals surface area contributed by atoms with Crippen LogP contribution in [-0.4, -0.2) is 50.9 Å². The second kappa shape index (κ2) is 12.6. The van der Waals surface area contributed by atoms with Crippen LogP contribution in [0.15, 0.2) is 83.8 Å². The van der Waals surface area contributed by atoms with Crippen LogP contribution >= 0.6 is 0 Å². The molecule has 0 aliphatic heterocycles. The molecule has 0 spiro atoms. The largest absolute Gasteiger partial charge is 0.497 e. The summed E-state index contributed by atoms with van der Waals surface area (Å²) in [6.07, 6.45) is 0. The Labute approximate surface area is 223 Å². The highest BCUT2D eigenvalue weighted by Crippen LogP contribution is 2.27. The quantitative estimate of drug-likeness (QED) is 0.396. The maximum Gasteiger partial charge on any atom is 0.264 e. The van der Waals surface area contributed by atoms with Crippen LogP contribution in [0.5, 0.6) is 5.75 Å². The zero-order valence-electron chi connectivity index (χ0n) is 21.8. The van der Waals surface area contributed by atoms with Crippen LogP contribution in [0.1, 0.15) is 26.3 Å². The Hall–Kier alpha value is -3.92. The van der Waals surface area contributed by atoms with Gasteiger partial charge in [0.15, 0.2) is 0 Å². The number of ether oxygens (including phenoxy) is 1. The second-order valence-electron chi connectivity index (χ2n) is 9.01. The number of nitrogens with zero attached hydrogens (tertiary/aromatic N) is 2. The Morgan fingerprint density at radius 1 is 0.947 bits per heavy atom. The van der Waals surface area contributed by atoms with Crippen LogP contribution in [0.25, 0.3) is 0 Å². The monoisotopic (exact) mass is 541 g/mol. The maximum absolute atomic E-state index is 13.8. The van der Waals surface area contributed by atoms with Gasteiger partial charge < -0.3 is 15.0 Å². The van der Waals surface area contributed by atoms with Gasteiger partial charge in [0.2, 0.25) is 11.8 Å². The molecule has 38 heavy (non-hydrogen) atoms. The third kappa shape index (κ3) is 7.10. The van der Waals surface area contributed by atoms with Gasteiger partial charge in [-0.2, -0.15) is 0 Å². The number of anilines is 1. The van der Waals surface area contributed by atoms with Crippen molar-refractivity contribution in [3.8, 4) is 5.75 Å². The molecule has 3 aromatic carbocycles. The SMILES string of the molecule is COc1cccc(N(CC(=O)N(Cc2ccc(F)cc2)[C@H](C)C(=O)NC(C)C)S(=O)(=O)c2ccccc2)c1. The predicted molar refractivity (Wildman–Crippen MR) is 144 cm³/mol. The third-order valence-corrected chi connectivity index (χ3v) is 7.60. The van der Waals surface area contributed by atoms with Gasteiger partial charge in [-0.1, -0.05) is 36.4 Å². The van der Waals surface area contributed by atoms with E-state index in [1.54, 1.807) is 57.2 Å². The summed E-state index contributed by atoms with van der Waals surface area (Å²) in [6.45, 7) is 4.57. The molecule has 0 radical (unpaired) electrons. The molecule has 0 aliphatic carbocycles. The zero-order valence-corrected chi connectivity index (χ0v) is 22.6. The van der Waals surface area contributed by atoms with Crippen molar-refractivity contribution in [3.05, 3.63) is 90.2 Å². The fraction of sp³-hybridized carbons (Fsp3) is 0.286. The van der Waals surface area contributed by atoms with Crippen molar-refractivity contribution in [2.24, 2.45) is 0 Å². The standard InChI is InChI=1S/C28H32FN3O5S/c1-20(2)30-28(34)21(3)31(18-22-13-15-23(29)16-14-22)27(33)19-32(24-9-8-10-25(17-24)37-4)38(35,36)26-11-6-5-7-12-26/h5-17,20-21H,18-19H2,1-4H3,(H,30,34)/t21-/m1/s1. The summed E-state index contributed by atoms with van der Waals surface area (Å²) in [5.74, 6) is -1.02. The van der Waals surface area contributed by atoms with Crippen LogP contribution in [0, 0.1) is 5.82 Å². The highest BCUT2D eigenvalue weighted by molar-refractivity contribution is 7.92. The molecule has 3 rings (SSSR count). The second-order valence-corrected chi connectivity index (χ2v) is 10.9. The molecule has 0 bridgehead atoms. The molecule has 0 saturated heterocycles. The molecular formula is C28H32FN3O5S. The molecule has 3 aromatic rings. The first-order valence-electron chi connectivity index (χ1n) is 12.1. The van der Waals surface area contributed by atoms with Gasteiger partial charge in [-0.15, -0.1) is 0 Å². The first-order chi connectivity index (χ1) is 18.0. The molecule has 1 N–H and O–H groups in total. The van der Waals surface area contributed by atoms with E-state index in [-0.39, 0.29) is 23.2 Å². The van der Waals surface area contributed by atoms with Gasteiger partial charge in [-0.3, -0.25) is 13.9 Å². The molecule has 0 aliphatic rings. The van der Waals surface area contributed by atoms with E-state index in [2.05, 4.69) is 5.32 Å². The molecule has 10 heteroatoms. The number of carbonyl (C=O) groups excluding carboxylic acids is 2.